The van der Waals surface area contributed by atoms with Crippen molar-refractivity contribution in [2.24, 2.45) is 5.73 Å². The number of benzene rings is 1. The zero-order valence-electron chi connectivity index (χ0n) is 9.95. The van der Waals surface area contributed by atoms with Gasteiger partial charge in [0.2, 0.25) is 0 Å². The van der Waals surface area contributed by atoms with E-state index in [1.165, 1.54) is 0 Å². The molecule has 0 aliphatic carbocycles. The van der Waals surface area contributed by atoms with Crippen LogP contribution in [0.2, 0.25) is 0 Å². The van der Waals surface area contributed by atoms with Crippen molar-refractivity contribution in [3.63, 3.8) is 0 Å². The summed E-state index contributed by atoms with van der Waals surface area (Å²) in [5.74, 6) is 0.0933. The number of carbonyl (C=O) groups excluding carboxylic acids is 1. The molecule has 1 saturated heterocycles. The Morgan fingerprint density at radius 1 is 1.53 bits per heavy atom. The summed E-state index contributed by atoms with van der Waals surface area (Å²) in [7, 11) is 0. The van der Waals surface area contributed by atoms with E-state index >= 15 is 0 Å². The fraction of sp³-hybridized carbons (Fsp3) is 0.462. The molecule has 1 aliphatic rings. The van der Waals surface area contributed by atoms with Gasteiger partial charge in [-0.1, -0.05) is 15.9 Å². The monoisotopic (exact) mass is 296 g/mol. The number of halogens is 1. The van der Waals surface area contributed by atoms with Crippen molar-refractivity contribution in [2.45, 2.75) is 25.8 Å². The molecule has 0 saturated carbocycles. The summed E-state index contributed by atoms with van der Waals surface area (Å²) in [5, 5.41) is 0. The highest BCUT2D eigenvalue weighted by molar-refractivity contribution is 9.10. The van der Waals surface area contributed by atoms with Crippen molar-refractivity contribution in [1.29, 1.82) is 0 Å². The first-order valence-corrected chi connectivity index (χ1v) is 6.68. The number of nitrogens with zero attached hydrogens (tertiary/aromatic N) is 1. The predicted octanol–water partition coefficient (Wildman–Crippen LogP) is 2.32. The second kappa shape index (κ2) is 5.19. The van der Waals surface area contributed by atoms with Crippen LogP contribution in [-0.2, 0) is 0 Å². The average Bonchev–Trinajstić information content (AvgIpc) is 2.32. The minimum absolute atomic E-state index is 0.0933. The summed E-state index contributed by atoms with van der Waals surface area (Å²) in [6.07, 6.45) is 2.02. The molecule has 1 aliphatic heterocycles. The fourth-order valence-electron chi connectivity index (χ4n) is 2.15. The number of amides is 1. The topological polar surface area (TPSA) is 46.3 Å². The van der Waals surface area contributed by atoms with Crippen LogP contribution in [0.4, 0.5) is 0 Å². The van der Waals surface area contributed by atoms with E-state index in [0.29, 0.717) is 6.54 Å². The van der Waals surface area contributed by atoms with Gasteiger partial charge in [-0.05, 0) is 43.5 Å². The smallest absolute Gasteiger partial charge is 0.253 e. The quantitative estimate of drug-likeness (QED) is 0.864. The summed E-state index contributed by atoms with van der Waals surface area (Å²) < 4.78 is 1.03. The lowest BCUT2D eigenvalue weighted by Gasteiger charge is -2.30. The molecule has 1 heterocycles. The van der Waals surface area contributed by atoms with Gasteiger partial charge in [0.25, 0.3) is 5.91 Å². The number of carbonyl (C=O) groups is 1. The highest BCUT2D eigenvalue weighted by atomic mass is 79.9. The van der Waals surface area contributed by atoms with Gasteiger partial charge < -0.3 is 10.6 Å². The van der Waals surface area contributed by atoms with Gasteiger partial charge in [-0.25, -0.2) is 0 Å². The van der Waals surface area contributed by atoms with E-state index in [1.807, 2.05) is 30.0 Å². The minimum Gasteiger partial charge on any atom is -0.337 e. The lowest BCUT2D eigenvalue weighted by molar-refractivity contribution is 0.0708. The molecule has 3 nitrogen and oxygen atoms in total. The van der Waals surface area contributed by atoms with E-state index in [4.69, 9.17) is 5.73 Å². The number of nitrogens with two attached hydrogens (primary N) is 1. The molecular weight excluding hydrogens is 280 g/mol. The van der Waals surface area contributed by atoms with Gasteiger partial charge in [-0.15, -0.1) is 0 Å². The molecule has 1 atom stereocenters. The van der Waals surface area contributed by atoms with Crippen molar-refractivity contribution in [3.05, 3.63) is 33.8 Å². The molecule has 2 rings (SSSR count). The molecule has 17 heavy (non-hydrogen) atoms. The first-order chi connectivity index (χ1) is 8.08. The van der Waals surface area contributed by atoms with Gasteiger partial charge in [0.1, 0.15) is 0 Å². The second-order valence-corrected chi connectivity index (χ2v) is 5.47. The van der Waals surface area contributed by atoms with E-state index in [9.17, 15) is 4.79 Å². The maximum absolute atomic E-state index is 12.3. The van der Waals surface area contributed by atoms with Crippen LogP contribution >= 0.6 is 15.9 Å². The maximum atomic E-state index is 12.3. The Morgan fingerprint density at radius 2 is 2.29 bits per heavy atom. The van der Waals surface area contributed by atoms with Crippen LogP contribution in [0.3, 0.4) is 0 Å². The minimum atomic E-state index is 0.0933. The second-order valence-electron chi connectivity index (χ2n) is 4.62. The molecule has 4 heteroatoms. The summed E-state index contributed by atoms with van der Waals surface area (Å²) >= 11 is 3.44. The van der Waals surface area contributed by atoms with Crippen LogP contribution < -0.4 is 5.73 Å². The van der Waals surface area contributed by atoms with Gasteiger partial charge in [0.15, 0.2) is 0 Å². The van der Waals surface area contributed by atoms with Crippen molar-refractivity contribution in [1.82, 2.24) is 4.90 Å². The number of piperidine rings is 1. The number of rotatable bonds is 1. The molecule has 0 bridgehead atoms. The summed E-state index contributed by atoms with van der Waals surface area (Å²) in [6, 6.07) is 5.84. The van der Waals surface area contributed by atoms with Crippen molar-refractivity contribution in [3.8, 4) is 0 Å². The third-order valence-electron chi connectivity index (χ3n) is 3.15. The lowest BCUT2D eigenvalue weighted by atomic mass is 10.0. The van der Waals surface area contributed by atoms with Crippen molar-refractivity contribution < 1.29 is 4.79 Å². The third-order valence-corrected chi connectivity index (χ3v) is 4.04. The van der Waals surface area contributed by atoms with E-state index in [0.717, 1.165) is 35.0 Å². The van der Waals surface area contributed by atoms with Crippen LogP contribution in [-0.4, -0.2) is 29.9 Å². The number of likely N-dealkylation sites (tertiary alicyclic amines) is 1. The van der Waals surface area contributed by atoms with Gasteiger partial charge in [0.05, 0.1) is 0 Å². The molecule has 1 amide bonds. The normalized spacial score (nSPS) is 20.4. The predicted molar refractivity (Wildman–Crippen MR) is 72.0 cm³/mol. The van der Waals surface area contributed by atoms with E-state index in [2.05, 4.69) is 15.9 Å². The molecular formula is C13H17BrN2O. The Kier molecular flexibility index (Phi) is 3.84. The van der Waals surface area contributed by atoms with Crippen LogP contribution in [0, 0.1) is 6.92 Å². The Labute approximate surface area is 110 Å². The summed E-state index contributed by atoms with van der Waals surface area (Å²) in [5.41, 5.74) is 7.72. The molecule has 2 N–H and O–H groups in total. The standard InChI is InChI=1S/C13H17BrN2O/c1-9-7-10(4-5-12(9)14)13(17)16-6-2-3-11(15)8-16/h4-5,7,11H,2-3,6,8,15H2,1H3. The molecule has 1 aromatic rings. The Hall–Kier alpha value is -0.870. The highest BCUT2D eigenvalue weighted by Crippen LogP contribution is 2.19. The SMILES string of the molecule is Cc1cc(C(=O)N2CCCC(N)C2)ccc1Br. The average molecular weight is 297 g/mol. The molecule has 1 aromatic carbocycles. The fourth-order valence-corrected chi connectivity index (χ4v) is 2.40. The zero-order valence-corrected chi connectivity index (χ0v) is 11.5. The molecule has 1 fully saturated rings. The molecule has 1 unspecified atom stereocenters. The Morgan fingerprint density at radius 3 is 2.94 bits per heavy atom. The van der Waals surface area contributed by atoms with Gasteiger partial charge >= 0.3 is 0 Å². The Bertz CT molecular complexity index is 433. The summed E-state index contributed by atoms with van der Waals surface area (Å²) in [6.45, 7) is 3.48. The largest absolute Gasteiger partial charge is 0.337 e. The Balaban J connectivity index is 2.15. The van der Waals surface area contributed by atoms with Crippen LogP contribution in [0.1, 0.15) is 28.8 Å². The van der Waals surface area contributed by atoms with Crippen molar-refractivity contribution in [2.75, 3.05) is 13.1 Å². The molecule has 0 spiro atoms. The zero-order chi connectivity index (χ0) is 12.4. The number of hydrogen-bond donors (Lipinski definition) is 1. The van der Waals surface area contributed by atoms with Gasteiger partial charge in [-0.3, -0.25) is 4.79 Å². The summed E-state index contributed by atoms with van der Waals surface area (Å²) in [4.78, 5) is 14.1. The van der Waals surface area contributed by atoms with Gasteiger partial charge in [-0.2, -0.15) is 0 Å². The number of hydrogen-bond acceptors (Lipinski definition) is 2. The first-order valence-electron chi connectivity index (χ1n) is 5.89. The molecule has 0 aromatic heterocycles. The van der Waals surface area contributed by atoms with Crippen LogP contribution in [0.5, 0.6) is 0 Å². The van der Waals surface area contributed by atoms with E-state index in [1.54, 1.807) is 0 Å². The molecule has 92 valence electrons. The third kappa shape index (κ3) is 2.87. The number of aryl methyl sites for hydroxylation is 1. The highest BCUT2D eigenvalue weighted by Gasteiger charge is 2.22. The van der Waals surface area contributed by atoms with Crippen LogP contribution in [0.15, 0.2) is 22.7 Å². The maximum Gasteiger partial charge on any atom is 0.253 e. The van der Waals surface area contributed by atoms with Gasteiger partial charge in [0, 0.05) is 29.2 Å². The van der Waals surface area contributed by atoms with E-state index < -0.39 is 0 Å². The lowest BCUT2D eigenvalue weighted by Crippen LogP contribution is -2.45. The van der Waals surface area contributed by atoms with Crippen molar-refractivity contribution >= 4 is 21.8 Å². The van der Waals surface area contributed by atoms with E-state index in [-0.39, 0.29) is 11.9 Å². The molecule has 0 radical (unpaired) electrons. The van der Waals surface area contributed by atoms with Crippen LogP contribution in [0.25, 0.3) is 0 Å². The first kappa shape index (κ1) is 12.6.